The first-order chi connectivity index (χ1) is 8.01. The highest BCUT2D eigenvalue weighted by molar-refractivity contribution is 5.75. The van der Waals surface area contributed by atoms with E-state index in [9.17, 15) is 9.59 Å². The van der Waals surface area contributed by atoms with Crippen molar-refractivity contribution in [3.8, 4) is 0 Å². The summed E-state index contributed by atoms with van der Waals surface area (Å²) in [4.78, 5) is 23.9. The summed E-state index contributed by atoms with van der Waals surface area (Å²) in [6.07, 6.45) is 1.50. The van der Waals surface area contributed by atoms with Gasteiger partial charge in [-0.3, -0.25) is 4.79 Å². The highest BCUT2D eigenvalue weighted by Crippen LogP contribution is 2.02. The molecule has 0 aromatic carbocycles. The van der Waals surface area contributed by atoms with Crippen LogP contribution in [0.15, 0.2) is 0 Å². The molecule has 6 heteroatoms. The summed E-state index contributed by atoms with van der Waals surface area (Å²) in [5.41, 5.74) is 0. The summed E-state index contributed by atoms with van der Waals surface area (Å²) < 4.78 is 0. The minimum atomic E-state index is -0.887. The molecule has 100 valence electrons. The molecule has 0 aliphatic heterocycles. The lowest BCUT2D eigenvalue weighted by atomic mass is 10.1. The average molecular weight is 245 g/mol. The first kappa shape index (κ1) is 15.7. The molecule has 0 aromatic heterocycles. The number of carbonyl (C=O) groups excluding carboxylic acids is 1. The van der Waals surface area contributed by atoms with Gasteiger partial charge in [-0.05, 0) is 13.5 Å². The Morgan fingerprint density at radius 3 is 2.53 bits per heavy atom. The molecule has 0 fully saturated rings. The van der Waals surface area contributed by atoms with Gasteiger partial charge in [-0.1, -0.05) is 13.3 Å². The Labute approximate surface area is 102 Å². The van der Waals surface area contributed by atoms with E-state index < -0.39 is 5.97 Å². The minimum Gasteiger partial charge on any atom is -0.481 e. The summed E-state index contributed by atoms with van der Waals surface area (Å²) in [7, 11) is 3.51. The van der Waals surface area contributed by atoms with Crippen LogP contribution in [0.5, 0.6) is 0 Å². The topological polar surface area (TPSA) is 81.7 Å². The molecule has 1 unspecified atom stereocenters. The first-order valence-electron chi connectivity index (χ1n) is 5.89. The Hall–Kier alpha value is -1.30. The van der Waals surface area contributed by atoms with E-state index >= 15 is 0 Å². The summed E-state index contributed by atoms with van der Waals surface area (Å²) in [5, 5.41) is 14.4. The third kappa shape index (κ3) is 7.57. The third-order valence-corrected chi connectivity index (χ3v) is 2.43. The van der Waals surface area contributed by atoms with E-state index in [2.05, 4.69) is 10.6 Å². The van der Waals surface area contributed by atoms with Gasteiger partial charge in [0, 0.05) is 26.2 Å². The van der Waals surface area contributed by atoms with Crippen molar-refractivity contribution in [3.05, 3.63) is 0 Å². The van der Waals surface area contributed by atoms with Crippen LogP contribution >= 0.6 is 0 Å². The summed E-state index contributed by atoms with van der Waals surface area (Å²) >= 11 is 0. The van der Waals surface area contributed by atoms with Crippen LogP contribution in [0, 0.1) is 0 Å². The maximum absolute atomic E-state index is 11.7. The molecule has 0 bridgehead atoms. The van der Waals surface area contributed by atoms with Gasteiger partial charge < -0.3 is 20.6 Å². The number of amides is 2. The van der Waals surface area contributed by atoms with Crippen LogP contribution in [0.3, 0.4) is 0 Å². The van der Waals surface area contributed by atoms with E-state index in [0.29, 0.717) is 19.5 Å². The van der Waals surface area contributed by atoms with Crippen molar-refractivity contribution in [1.29, 1.82) is 0 Å². The number of likely N-dealkylation sites (N-methyl/N-ethyl adjacent to an activating group) is 2. The first-order valence-corrected chi connectivity index (χ1v) is 5.89. The van der Waals surface area contributed by atoms with Crippen LogP contribution < -0.4 is 10.6 Å². The second kappa shape index (κ2) is 8.81. The van der Waals surface area contributed by atoms with E-state index in [1.165, 1.54) is 0 Å². The molecule has 0 heterocycles. The van der Waals surface area contributed by atoms with Gasteiger partial charge in [0.2, 0.25) is 0 Å². The number of carboxylic acids is 1. The predicted molar refractivity (Wildman–Crippen MR) is 66.0 cm³/mol. The quantitative estimate of drug-likeness (QED) is 0.581. The van der Waals surface area contributed by atoms with E-state index in [1.807, 2.05) is 14.0 Å². The van der Waals surface area contributed by atoms with Crippen LogP contribution in [-0.2, 0) is 4.79 Å². The lowest BCUT2D eigenvalue weighted by Crippen LogP contribution is -2.45. The number of urea groups is 1. The molecule has 0 aliphatic carbocycles. The third-order valence-electron chi connectivity index (χ3n) is 2.43. The Morgan fingerprint density at radius 1 is 1.41 bits per heavy atom. The molecule has 0 spiro atoms. The van der Waals surface area contributed by atoms with Gasteiger partial charge in [0.15, 0.2) is 0 Å². The highest BCUT2D eigenvalue weighted by atomic mass is 16.4. The molecule has 0 saturated carbocycles. The monoisotopic (exact) mass is 245 g/mol. The zero-order chi connectivity index (χ0) is 13.3. The van der Waals surface area contributed by atoms with Crippen molar-refractivity contribution in [2.45, 2.75) is 32.2 Å². The Kier molecular flexibility index (Phi) is 8.13. The zero-order valence-corrected chi connectivity index (χ0v) is 10.8. The molecule has 0 aliphatic rings. The van der Waals surface area contributed by atoms with Crippen LogP contribution in [0.2, 0.25) is 0 Å². The smallest absolute Gasteiger partial charge is 0.317 e. The molecular weight excluding hydrogens is 222 g/mol. The van der Waals surface area contributed by atoms with E-state index in [1.54, 1.807) is 11.9 Å². The number of nitrogens with zero attached hydrogens (tertiary/aromatic N) is 1. The maximum atomic E-state index is 11.7. The zero-order valence-electron chi connectivity index (χ0n) is 10.8. The maximum Gasteiger partial charge on any atom is 0.317 e. The van der Waals surface area contributed by atoms with Gasteiger partial charge in [-0.2, -0.15) is 0 Å². The lowest BCUT2D eigenvalue weighted by molar-refractivity contribution is -0.137. The van der Waals surface area contributed by atoms with Crippen molar-refractivity contribution >= 4 is 12.0 Å². The van der Waals surface area contributed by atoms with Gasteiger partial charge in [0.25, 0.3) is 0 Å². The molecule has 1 atom stereocenters. The largest absolute Gasteiger partial charge is 0.481 e. The van der Waals surface area contributed by atoms with E-state index in [0.717, 1.165) is 6.42 Å². The number of nitrogens with one attached hydrogen (secondary N) is 2. The molecule has 6 nitrogen and oxygen atoms in total. The SMILES string of the molecule is CCCC(CC(=O)O)NC(=O)N(C)CCNC. The average Bonchev–Trinajstić information content (AvgIpc) is 2.25. The number of hydrogen-bond donors (Lipinski definition) is 3. The predicted octanol–water partition coefficient (Wildman–Crippen LogP) is 0.491. The Bertz CT molecular complexity index is 246. The van der Waals surface area contributed by atoms with Gasteiger partial charge in [0.05, 0.1) is 6.42 Å². The lowest BCUT2D eigenvalue weighted by Gasteiger charge is -2.22. The van der Waals surface area contributed by atoms with Gasteiger partial charge >= 0.3 is 12.0 Å². The van der Waals surface area contributed by atoms with Gasteiger partial charge in [-0.15, -0.1) is 0 Å². The van der Waals surface area contributed by atoms with Crippen molar-refractivity contribution in [1.82, 2.24) is 15.5 Å². The van der Waals surface area contributed by atoms with Crippen LogP contribution in [0.1, 0.15) is 26.2 Å². The van der Waals surface area contributed by atoms with Crippen LogP contribution in [-0.4, -0.2) is 55.2 Å². The molecule has 3 N–H and O–H groups in total. The molecular formula is C11H23N3O3. The van der Waals surface area contributed by atoms with Crippen molar-refractivity contribution in [2.75, 3.05) is 27.2 Å². The standard InChI is InChI=1S/C11H23N3O3/c1-4-5-9(8-10(15)16)13-11(17)14(3)7-6-12-2/h9,12H,4-8H2,1-3H3,(H,13,17)(H,15,16). The number of hydrogen-bond acceptors (Lipinski definition) is 3. The fraction of sp³-hybridized carbons (Fsp3) is 0.818. The Morgan fingerprint density at radius 2 is 2.06 bits per heavy atom. The van der Waals surface area contributed by atoms with Gasteiger partial charge in [0.1, 0.15) is 0 Å². The summed E-state index contributed by atoms with van der Waals surface area (Å²) in [5.74, 6) is -0.887. The fourth-order valence-electron chi connectivity index (χ4n) is 1.45. The minimum absolute atomic E-state index is 0.0283. The second-order valence-corrected chi connectivity index (χ2v) is 4.06. The molecule has 17 heavy (non-hydrogen) atoms. The van der Waals surface area contributed by atoms with Crippen molar-refractivity contribution in [3.63, 3.8) is 0 Å². The number of carboxylic acid groups (broad SMARTS) is 1. The number of rotatable bonds is 8. The normalized spacial score (nSPS) is 11.9. The van der Waals surface area contributed by atoms with Gasteiger partial charge in [-0.25, -0.2) is 4.79 Å². The fourth-order valence-corrected chi connectivity index (χ4v) is 1.45. The molecule has 0 saturated heterocycles. The summed E-state index contributed by atoms with van der Waals surface area (Å²) in [6.45, 7) is 3.27. The Balaban J connectivity index is 4.13. The van der Waals surface area contributed by atoms with E-state index in [-0.39, 0.29) is 18.5 Å². The van der Waals surface area contributed by atoms with Crippen molar-refractivity contribution < 1.29 is 14.7 Å². The molecule has 0 radical (unpaired) electrons. The van der Waals surface area contributed by atoms with E-state index in [4.69, 9.17) is 5.11 Å². The van der Waals surface area contributed by atoms with Crippen LogP contribution in [0.4, 0.5) is 4.79 Å². The number of carbonyl (C=O) groups is 2. The van der Waals surface area contributed by atoms with Crippen molar-refractivity contribution in [2.24, 2.45) is 0 Å². The molecule has 0 aromatic rings. The highest BCUT2D eigenvalue weighted by Gasteiger charge is 2.17. The molecule has 0 rings (SSSR count). The number of aliphatic carboxylic acids is 1. The molecule has 2 amide bonds. The second-order valence-electron chi connectivity index (χ2n) is 4.06. The van der Waals surface area contributed by atoms with Crippen LogP contribution in [0.25, 0.3) is 0 Å². The summed E-state index contributed by atoms with van der Waals surface area (Å²) in [6, 6.07) is -0.512.